The molecular weight excluding hydrogens is 430 g/mol. The molecule has 0 fully saturated rings. The Balaban J connectivity index is 1.47. The number of benzene rings is 2. The zero-order valence-corrected chi connectivity index (χ0v) is 16.6. The number of anilines is 2. The number of nitrogens with one attached hydrogen (secondary N) is 2. The van der Waals surface area contributed by atoms with Crippen LogP contribution in [0.4, 0.5) is 15.6 Å². The van der Waals surface area contributed by atoms with Gasteiger partial charge in [-0.1, -0.05) is 22.0 Å². The number of furan rings is 1. The van der Waals surface area contributed by atoms with Crippen LogP contribution in [0.1, 0.15) is 0 Å². The van der Waals surface area contributed by atoms with Crippen molar-refractivity contribution in [2.75, 3.05) is 17.7 Å². The van der Waals surface area contributed by atoms with Crippen molar-refractivity contribution in [1.29, 1.82) is 0 Å². The highest BCUT2D eigenvalue weighted by atomic mass is 79.9. The molecule has 2 N–H and O–H groups in total. The molecule has 0 aliphatic rings. The predicted octanol–water partition coefficient (Wildman–Crippen LogP) is 5.97. The minimum absolute atomic E-state index is 0.377. The standard InChI is InChI=1S/C19H14BrN3O3S/c1-25-14-4-2-3-13(9-14)21-18(24)23-19-22-15(10-27-19)17-8-11-7-12(20)5-6-16(11)26-17/h2-10H,1H3,(H2,21,22,23,24). The molecule has 0 unspecified atom stereocenters. The Labute approximate surface area is 167 Å². The monoisotopic (exact) mass is 443 g/mol. The Morgan fingerprint density at radius 2 is 2.07 bits per heavy atom. The van der Waals surface area contributed by atoms with Gasteiger partial charge in [0.25, 0.3) is 0 Å². The maximum atomic E-state index is 12.2. The highest BCUT2D eigenvalue weighted by molar-refractivity contribution is 9.10. The highest BCUT2D eigenvalue weighted by Crippen LogP contribution is 2.31. The molecule has 0 bridgehead atoms. The van der Waals surface area contributed by atoms with Crippen molar-refractivity contribution in [2.45, 2.75) is 0 Å². The summed E-state index contributed by atoms with van der Waals surface area (Å²) < 4.78 is 12.0. The van der Waals surface area contributed by atoms with Crippen molar-refractivity contribution < 1.29 is 13.9 Å². The van der Waals surface area contributed by atoms with Gasteiger partial charge in [-0.25, -0.2) is 9.78 Å². The van der Waals surface area contributed by atoms with Gasteiger partial charge < -0.3 is 14.5 Å². The minimum atomic E-state index is -0.377. The molecule has 0 saturated heterocycles. The van der Waals surface area contributed by atoms with Gasteiger partial charge in [0.1, 0.15) is 17.0 Å². The number of nitrogens with zero attached hydrogens (tertiary/aromatic N) is 1. The summed E-state index contributed by atoms with van der Waals surface area (Å²) in [4.78, 5) is 16.6. The SMILES string of the molecule is COc1cccc(NC(=O)Nc2nc(-c3cc4cc(Br)ccc4o3)cs2)c1. The van der Waals surface area contributed by atoms with Gasteiger partial charge in [0.05, 0.1) is 7.11 Å². The maximum absolute atomic E-state index is 12.2. The van der Waals surface area contributed by atoms with Gasteiger partial charge in [-0.3, -0.25) is 5.32 Å². The van der Waals surface area contributed by atoms with Crippen molar-refractivity contribution in [3.8, 4) is 17.2 Å². The Morgan fingerprint density at radius 1 is 1.19 bits per heavy atom. The molecule has 4 rings (SSSR count). The van der Waals surface area contributed by atoms with Crippen LogP contribution in [0, 0.1) is 0 Å². The number of hydrogen-bond acceptors (Lipinski definition) is 5. The minimum Gasteiger partial charge on any atom is -0.497 e. The number of amides is 2. The molecule has 2 amide bonds. The summed E-state index contributed by atoms with van der Waals surface area (Å²) in [7, 11) is 1.58. The molecule has 4 aromatic rings. The number of fused-ring (bicyclic) bond motifs is 1. The number of rotatable bonds is 4. The fourth-order valence-electron chi connectivity index (χ4n) is 2.55. The zero-order valence-electron chi connectivity index (χ0n) is 14.2. The summed E-state index contributed by atoms with van der Waals surface area (Å²) in [6, 6.07) is 14.5. The van der Waals surface area contributed by atoms with E-state index in [9.17, 15) is 4.79 Å². The van der Waals surface area contributed by atoms with Gasteiger partial charge in [0.15, 0.2) is 10.9 Å². The summed E-state index contributed by atoms with van der Waals surface area (Å²) in [6.07, 6.45) is 0. The molecule has 0 atom stereocenters. The van der Waals surface area contributed by atoms with Crippen LogP contribution in [0.3, 0.4) is 0 Å². The summed E-state index contributed by atoms with van der Waals surface area (Å²) in [5.74, 6) is 1.32. The van der Waals surface area contributed by atoms with Crippen LogP contribution in [0.15, 0.2) is 62.8 Å². The van der Waals surface area contributed by atoms with E-state index < -0.39 is 0 Å². The molecule has 2 aromatic carbocycles. The van der Waals surface area contributed by atoms with E-state index in [-0.39, 0.29) is 6.03 Å². The quantitative estimate of drug-likeness (QED) is 0.407. The molecule has 0 spiro atoms. The lowest BCUT2D eigenvalue weighted by atomic mass is 10.2. The van der Waals surface area contributed by atoms with E-state index in [0.717, 1.165) is 15.4 Å². The highest BCUT2D eigenvalue weighted by Gasteiger charge is 2.12. The first-order chi connectivity index (χ1) is 13.1. The van der Waals surface area contributed by atoms with Crippen molar-refractivity contribution in [3.63, 3.8) is 0 Å². The largest absolute Gasteiger partial charge is 0.497 e. The zero-order chi connectivity index (χ0) is 18.8. The van der Waals surface area contributed by atoms with Crippen LogP contribution in [-0.2, 0) is 0 Å². The van der Waals surface area contributed by atoms with Crippen LogP contribution in [0.5, 0.6) is 5.75 Å². The topological polar surface area (TPSA) is 76.4 Å². The second-order valence-electron chi connectivity index (χ2n) is 5.64. The van der Waals surface area contributed by atoms with E-state index in [4.69, 9.17) is 9.15 Å². The lowest BCUT2D eigenvalue weighted by Crippen LogP contribution is -2.19. The molecular formula is C19H14BrN3O3S. The Morgan fingerprint density at radius 3 is 2.93 bits per heavy atom. The first-order valence-electron chi connectivity index (χ1n) is 7.98. The summed E-state index contributed by atoms with van der Waals surface area (Å²) in [5.41, 5.74) is 2.09. The smallest absolute Gasteiger partial charge is 0.325 e. The van der Waals surface area contributed by atoms with Gasteiger partial charge >= 0.3 is 6.03 Å². The van der Waals surface area contributed by atoms with Gasteiger partial charge in [-0.05, 0) is 36.4 Å². The number of thiazole rings is 1. The average molecular weight is 444 g/mol. The second kappa shape index (κ2) is 7.42. The fraction of sp³-hybridized carbons (Fsp3) is 0.0526. The molecule has 0 aliphatic carbocycles. The second-order valence-corrected chi connectivity index (χ2v) is 7.42. The van der Waals surface area contributed by atoms with Crippen molar-refractivity contribution in [1.82, 2.24) is 4.98 Å². The molecule has 136 valence electrons. The van der Waals surface area contributed by atoms with Crippen LogP contribution in [-0.4, -0.2) is 18.1 Å². The number of ether oxygens (including phenoxy) is 1. The third kappa shape index (κ3) is 3.96. The van der Waals surface area contributed by atoms with Crippen molar-refractivity contribution in [3.05, 3.63) is 58.4 Å². The van der Waals surface area contributed by atoms with E-state index in [2.05, 4.69) is 31.5 Å². The van der Waals surface area contributed by atoms with Gasteiger partial charge in [-0.2, -0.15) is 0 Å². The van der Waals surface area contributed by atoms with E-state index in [1.807, 2.05) is 35.7 Å². The lowest BCUT2D eigenvalue weighted by molar-refractivity contribution is 0.262. The maximum Gasteiger partial charge on any atom is 0.325 e. The molecule has 2 aromatic heterocycles. The fourth-order valence-corrected chi connectivity index (χ4v) is 3.62. The van der Waals surface area contributed by atoms with E-state index in [1.165, 1.54) is 11.3 Å². The third-order valence-electron chi connectivity index (χ3n) is 3.78. The average Bonchev–Trinajstić information content (AvgIpc) is 3.28. The van der Waals surface area contributed by atoms with Gasteiger partial charge in [-0.15, -0.1) is 11.3 Å². The number of urea groups is 1. The van der Waals surface area contributed by atoms with E-state index in [0.29, 0.717) is 28.0 Å². The Hall–Kier alpha value is -2.84. The van der Waals surface area contributed by atoms with Crippen molar-refractivity contribution >= 4 is 55.1 Å². The molecule has 27 heavy (non-hydrogen) atoms. The number of aromatic nitrogens is 1. The summed E-state index contributed by atoms with van der Waals surface area (Å²) in [6.45, 7) is 0. The molecule has 8 heteroatoms. The molecule has 0 radical (unpaired) electrons. The first-order valence-corrected chi connectivity index (χ1v) is 9.65. The Bertz CT molecular complexity index is 1120. The Kier molecular flexibility index (Phi) is 4.83. The lowest BCUT2D eigenvalue weighted by Gasteiger charge is -2.06. The van der Waals surface area contributed by atoms with E-state index in [1.54, 1.807) is 25.3 Å². The number of carbonyl (C=O) groups is 1. The van der Waals surface area contributed by atoms with Crippen LogP contribution in [0.2, 0.25) is 0 Å². The van der Waals surface area contributed by atoms with Crippen LogP contribution in [0.25, 0.3) is 22.4 Å². The third-order valence-corrected chi connectivity index (χ3v) is 5.03. The number of carbonyl (C=O) groups excluding carboxylic acids is 1. The molecule has 0 saturated carbocycles. The van der Waals surface area contributed by atoms with Crippen LogP contribution < -0.4 is 15.4 Å². The number of methoxy groups -OCH3 is 1. The number of halogens is 1. The predicted molar refractivity (Wildman–Crippen MR) is 111 cm³/mol. The normalized spacial score (nSPS) is 10.7. The summed E-state index contributed by atoms with van der Waals surface area (Å²) >= 11 is 4.77. The summed E-state index contributed by atoms with van der Waals surface area (Å²) in [5, 5.41) is 8.78. The van der Waals surface area contributed by atoms with E-state index >= 15 is 0 Å². The van der Waals surface area contributed by atoms with Gasteiger partial charge in [0, 0.05) is 27.0 Å². The van der Waals surface area contributed by atoms with Crippen LogP contribution >= 0.6 is 27.3 Å². The molecule has 2 heterocycles. The van der Waals surface area contributed by atoms with Gasteiger partial charge in [0.2, 0.25) is 0 Å². The molecule has 6 nitrogen and oxygen atoms in total. The van der Waals surface area contributed by atoms with Crippen molar-refractivity contribution in [2.24, 2.45) is 0 Å². The number of hydrogen-bond donors (Lipinski definition) is 2. The molecule has 0 aliphatic heterocycles. The first kappa shape index (κ1) is 17.6.